The summed E-state index contributed by atoms with van der Waals surface area (Å²) in [5.74, 6) is 0.742. The van der Waals surface area contributed by atoms with Gasteiger partial charge in [-0.2, -0.15) is 11.3 Å². The van der Waals surface area contributed by atoms with E-state index in [9.17, 15) is 4.79 Å². The van der Waals surface area contributed by atoms with Crippen LogP contribution in [0.1, 0.15) is 18.1 Å². The Morgan fingerprint density at radius 2 is 1.88 bits per heavy atom. The molecule has 130 valence electrons. The first-order valence-electron chi connectivity index (χ1n) is 7.49. The molecule has 0 saturated carbocycles. The Balaban J connectivity index is 0.00000288. The van der Waals surface area contributed by atoms with Crippen LogP contribution in [0, 0.1) is 0 Å². The molecular weight excluding hydrogens is 435 g/mol. The summed E-state index contributed by atoms with van der Waals surface area (Å²) in [4.78, 5) is 15.2. The summed E-state index contributed by atoms with van der Waals surface area (Å²) in [5.41, 5.74) is 3.29. The molecule has 0 radical (unpaired) electrons. The zero-order valence-corrected chi connectivity index (χ0v) is 17.0. The van der Waals surface area contributed by atoms with E-state index in [0.29, 0.717) is 0 Å². The first-order chi connectivity index (χ1) is 11.2. The number of hydrogen-bond donors (Lipinski definition) is 3. The van der Waals surface area contributed by atoms with Crippen LogP contribution in [-0.4, -0.2) is 25.5 Å². The predicted octanol–water partition coefficient (Wildman–Crippen LogP) is 3.23. The van der Waals surface area contributed by atoms with E-state index in [0.717, 1.165) is 31.2 Å². The number of nitrogens with one attached hydrogen (secondary N) is 3. The first kappa shape index (κ1) is 20.4. The molecule has 0 aliphatic rings. The lowest BCUT2D eigenvalue weighted by molar-refractivity contribution is -0.114. The van der Waals surface area contributed by atoms with Gasteiger partial charge >= 0.3 is 0 Å². The lowest BCUT2D eigenvalue weighted by Gasteiger charge is -2.11. The lowest BCUT2D eigenvalue weighted by Crippen LogP contribution is -2.37. The maximum Gasteiger partial charge on any atom is 0.221 e. The number of rotatable bonds is 6. The molecule has 0 fully saturated rings. The van der Waals surface area contributed by atoms with Gasteiger partial charge < -0.3 is 16.0 Å². The Hall–Kier alpha value is -1.61. The van der Waals surface area contributed by atoms with Crippen molar-refractivity contribution in [1.29, 1.82) is 0 Å². The molecule has 2 rings (SSSR count). The molecule has 1 heterocycles. The normalized spacial score (nSPS) is 10.7. The molecule has 0 aliphatic carbocycles. The van der Waals surface area contributed by atoms with Gasteiger partial charge in [-0.25, -0.2) is 0 Å². The highest BCUT2D eigenvalue weighted by Crippen LogP contribution is 2.09. The van der Waals surface area contributed by atoms with Gasteiger partial charge in [-0.1, -0.05) is 12.1 Å². The van der Waals surface area contributed by atoms with Crippen molar-refractivity contribution in [3.63, 3.8) is 0 Å². The minimum atomic E-state index is -0.0556. The van der Waals surface area contributed by atoms with Crippen LogP contribution in [0.25, 0.3) is 0 Å². The van der Waals surface area contributed by atoms with Crippen LogP contribution in [0.15, 0.2) is 46.1 Å². The van der Waals surface area contributed by atoms with E-state index in [1.165, 1.54) is 18.1 Å². The van der Waals surface area contributed by atoms with E-state index >= 15 is 0 Å². The van der Waals surface area contributed by atoms with Gasteiger partial charge in [0.2, 0.25) is 5.91 Å². The quantitative estimate of drug-likeness (QED) is 0.354. The van der Waals surface area contributed by atoms with Crippen LogP contribution in [-0.2, 0) is 17.8 Å². The summed E-state index contributed by atoms with van der Waals surface area (Å²) < 4.78 is 0. The highest BCUT2D eigenvalue weighted by Gasteiger charge is 2.00. The summed E-state index contributed by atoms with van der Waals surface area (Å²) in [6.45, 7) is 3.07. The van der Waals surface area contributed by atoms with Gasteiger partial charge in [-0.3, -0.25) is 9.79 Å². The molecule has 5 nitrogen and oxygen atoms in total. The molecule has 7 heteroatoms. The van der Waals surface area contributed by atoms with Gasteiger partial charge in [-0.15, -0.1) is 24.0 Å². The minimum absolute atomic E-state index is 0. The van der Waals surface area contributed by atoms with Gasteiger partial charge in [0.25, 0.3) is 0 Å². The van der Waals surface area contributed by atoms with Gasteiger partial charge in [0.15, 0.2) is 5.96 Å². The van der Waals surface area contributed by atoms with Crippen LogP contribution in [0.2, 0.25) is 0 Å². The summed E-state index contributed by atoms with van der Waals surface area (Å²) in [7, 11) is 1.77. The van der Waals surface area contributed by atoms with Gasteiger partial charge in [-0.05, 0) is 46.5 Å². The van der Waals surface area contributed by atoms with E-state index in [4.69, 9.17) is 0 Å². The Kier molecular flexibility index (Phi) is 9.39. The van der Waals surface area contributed by atoms with Crippen molar-refractivity contribution in [2.45, 2.75) is 19.9 Å². The molecule has 0 unspecified atom stereocenters. The number of amides is 1. The summed E-state index contributed by atoms with van der Waals surface area (Å²) >= 11 is 1.69. The monoisotopic (exact) mass is 458 g/mol. The number of aliphatic imine (C=N–C) groups is 1. The molecule has 1 aromatic carbocycles. The van der Waals surface area contributed by atoms with Crippen molar-refractivity contribution in [2.24, 2.45) is 4.99 Å². The average molecular weight is 458 g/mol. The van der Waals surface area contributed by atoms with E-state index in [-0.39, 0.29) is 29.9 Å². The van der Waals surface area contributed by atoms with E-state index in [1.807, 2.05) is 24.3 Å². The SMILES string of the molecule is CN=C(NCCc1ccc(NC(C)=O)cc1)NCc1ccsc1.I. The second kappa shape index (κ2) is 11.0. The topological polar surface area (TPSA) is 65.5 Å². The summed E-state index contributed by atoms with van der Waals surface area (Å²) in [6, 6.07) is 9.98. The van der Waals surface area contributed by atoms with Crippen LogP contribution < -0.4 is 16.0 Å². The number of thiophene rings is 1. The van der Waals surface area contributed by atoms with Crippen molar-refractivity contribution in [1.82, 2.24) is 10.6 Å². The number of carbonyl (C=O) groups is 1. The van der Waals surface area contributed by atoms with Crippen LogP contribution in [0.3, 0.4) is 0 Å². The number of nitrogens with zero attached hydrogens (tertiary/aromatic N) is 1. The number of halogens is 1. The molecule has 0 spiro atoms. The Morgan fingerprint density at radius 3 is 2.46 bits per heavy atom. The highest BCUT2D eigenvalue weighted by molar-refractivity contribution is 14.0. The Bertz CT molecular complexity index is 641. The number of hydrogen-bond acceptors (Lipinski definition) is 3. The maximum absolute atomic E-state index is 11.0. The van der Waals surface area contributed by atoms with Gasteiger partial charge in [0.1, 0.15) is 0 Å². The fourth-order valence-corrected chi connectivity index (χ4v) is 2.75. The smallest absolute Gasteiger partial charge is 0.221 e. The minimum Gasteiger partial charge on any atom is -0.356 e. The fraction of sp³-hybridized carbons (Fsp3) is 0.294. The van der Waals surface area contributed by atoms with Crippen molar-refractivity contribution >= 4 is 52.9 Å². The molecule has 0 bridgehead atoms. The zero-order chi connectivity index (χ0) is 16.5. The lowest BCUT2D eigenvalue weighted by atomic mass is 10.1. The third kappa shape index (κ3) is 7.31. The third-order valence-electron chi connectivity index (χ3n) is 3.24. The molecule has 0 aliphatic heterocycles. The Morgan fingerprint density at radius 1 is 1.12 bits per heavy atom. The molecule has 1 amide bonds. The number of benzene rings is 1. The number of guanidine groups is 1. The Labute approximate surface area is 164 Å². The van der Waals surface area contributed by atoms with Gasteiger partial charge in [0, 0.05) is 32.7 Å². The van der Waals surface area contributed by atoms with Gasteiger partial charge in [0.05, 0.1) is 0 Å². The molecule has 0 saturated heterocycles. The second-order valence-electron chi connectivity index (χ2n) is 5.11. The van der Waals surface area contributed by atoms with E-state index in [2.05, 4.69) is 37.8 Å². The average Bonchev–Trinajstić information content (AvgIpc) is 3.05. The molecule has 2 aromatic rings. The summed E-state index contributed by atoms with van der Waals surface area (Å²) in [5, 5.41) is 13.5. The molecule has 24 heavy (non-hydrogen) atoms. The summed E-state index contributed by atoms with van der Waals surface area (Å²) in [6.07, 6.45) is 0.888. The van der Waals surface area contributed by atoms with Crippen molar-refractivity contribution in [3.8, 4) is 0 Å². The number of anilines is 1. The predicted molar refractivity (Wildman–Crippen MR) is 112 cm³/mol. The second-order valence-corrected chi connectivity index (χ2v) is 5.89. The fourth-order valence-electron chi connectivity index (χ4n) is 2.08. The third-order valence-corrected chi connectivity index (χ3v) is 3.98. The van der Waals surface area contributed by atoms with Crippen molar-refractivity contribution in [3.05, 3.63) is 52.2 Å². The zero-order valence-electron chi connectivity index (χ0n) is 13.8. The standard InChI is InChI=1S/C17H22N4OS.HI/c1-13(22)21-16-5-3-14(4-6-16)7-9-19-17(18-2)20-11-15-8-10-23-12-15;/h3-6,8,10,12H,7,9,11H2,1-2H3,(H,21,22)(H2,18,19,20);1H. The van der Waals surface area contributed by atoms with E-state index < -0.39 is 0 Å². The van der Waals surface area contributed by atoms with E-state index in [1.54, 1.807) is 18.4 Å². The highest BCUT2D eigenvalue weighted by atomic mass is 127. The molecule has 0 atom stereocenters. The van der Waals surface area contributed by atoms with Crippen molar-refractivity contribution in [2.75, 3.05) is 18.9 Å². The largest absolute Gasteiger partial charge is 0.356 e. The van der Waals surface area contributed by atoms with Crippen LogP contribution >= 0.6 is 35.3 Å². The van der Waals surface area contributed by atoms with Crippen LogP contribution in [0.4, 0.5) is 5.69 Å². The van der Waals surface area contributed by atoms with Crippen molar-refractivity contribution < 1.29 is 4.79 Å². The maximum atomic E-state index is 11.0. The molecular formula is C17H23IN4OS. The number of carbonyl (C=O) groups excluding carboxylic acids is 1. The first-order valence-corrected chi connectivity index (χ1v) is 8.44. The molecule has 3 N–H and O–H groups in total. The van der Waals surface area contributed by atoms with Crippen LogP contribution in [0.5, 0.6) is 0 Å². The molecule has 1 aromatic heterocycles.